The number of hydrogen-bond acceptors (Lipinski definition) is 4. The summed E-state index contributed by atoms with van der Waals surface area (Å²) < 4.78 is 10.3. The highest BCUT2D eigenvalue weighted by Gasteiger charge is 2.08. The summed E-state index contributed by atoms with van der Waals surface area (Å²) in [5.74, 6) is -0.0368. The number of nitrogens with one attached hydrogen (secondary N) is 1. The van der Waals surface area contributed by atoms with Gasteiger partial charge in [0.1, 0.15) is 5.75 Å². The lowest BCUT2D eigenvalue weighted by molar-refractivity contribution is -0.118. The molecule has 0 aliphatic rings. The average molecular weight is 335 g/mol. The standard InChI is InChI=1S/C20H17NO4/c1-24-20(23)15-9-11-16(12-10-15)21-19(22)13-25-18-8-4-6-14-5-2-3-7-17(14)18/h2-12H,13H2,1H3,(H,21,22). The monoisotopic (exact) mass is 335 g/mol. The number of anilines is 1. The van der Waals surface area contributed by atoms with E-state index in [4.69, 9.17) is 4.74 Å². The molecule has 0 unspecified atom stereocenters. The van der Waals surface area contributed by atoms with Gasteiger partial charge in [-0.1, -0.05) is 36.4 Å². The molecule has 3 aromatic rings. The number of esters is 1. The van der Waals surface area contributed by atoms with E-state index >= 15 is 0 Å². The van der Waals surface area contributed by atoms with E-state index in [1.807, 2.05) is 42.5 Å². The van der Waals surface area contributed by atoms with Gasteiger partial charge in [0, 0.05) is 11.1 Å². The van der Waals surface area contributed by atoms with Gasteiger partial charge in [-0.3, -0.25) is 4.79 Å². The fraction of sp³-hybridized carbons (Fsp3) is 0.100. The number of hydrogen-bond donors (Lipinski definition) is 1. The Morgan fingerprint density at radius 1 is 0.920 bits per heavy atom. The van der Waals surface area contributed by atoms with Gasteiger partial charge in [-0.2, -0.15) is 0 Å². The molecule has 5 heteroatoms. The predicted molar refractivity (Wildman–Crippen MR) is 95.9 cm³/mol. The Kier molecular flexibility index (Phi) is 4.95. The first-order valence-corrected chi connectivity index (χ1v) is 7.76. The van der Waals surface area contributed by atoms with Crippen LogP contribution in [-0.4, -0.2) is 25.6 Å². The Morgan fingerprint density at radius 2 is 1.64 bits per heavy atom. The van der Waals surface area contributed by atoms with Crippen molar-refractivity contribution in [3.63, 3.8) is 0 Å². The summed E-state index contributed by atoms with van der Waals surface area (Å²) in [5, 5.41) is 4.74. The number of amides is 1. The number of carbonyl (C=O) groups excluding carboxylic acids is 2. The van der Waals surface area contributed by atoms with Crippen molar-refractivity contribution in [3.05, 3.63) is 72.3 Å². The van der Waals surface area contributed by atoms with Crippen LogP contribution in [0.25, 0.3) is 10.8 Å². The van der Waals surface area contributed by atoms with Crippen molar-refractivity contribution < 1.29 is 19.1 Å². The molecule has 0 fully saturated rings. The van der Waals surface area contributed by atoms with E-state index in [2.05, 4.69) is 10.1 Å². The minimum atomic E-state index is -0.419. The predicted octanol–water partition coefficient (Wildman–Crippen LogP) is 3.64. The third-order valence-electron chi connectivity index (χ3n) is 3.70. The molecule has 0 spiro atoms. The number of methoxy groups -OCH3 is 1. The van der Waals surface area contributed by atoms with E-state index in [9.17, 15) is 9.59 Å². The average Bonchev–Trinajstić information content (AvgIpc) is 2.66. The van der Waals surface area contributed by atoms with Crippen molar-refractivity contribution in [1.29, 1.82) is 0 Å². The van der Waals surface area contributed by atoms with Crippen molar-refractivity contribution >= 4 is 28.3 Å². The van der Waals surface area contributed by atoms with E-state index in [1.165, 1.54) is 7.11 Å². The molecule has 0 saturated carbocycles. The van der Waals surface area contributed by atoms with Crippen LogP contribution in [0.2, 0.25) is 0 Å². The van der Waals surface area contributed by atoms with Gasteiger partial charge < -0.3 is 14.8 Å². The molecule has 0 bridgehead atoms. The number of rotatable bonds is 5. The molecule has 5 nitrogen and oxygen atoms in total. The Morgan fingerprint density at radius 3 is 2.40 bits per heavy atom. The van der Waals surface area contributed by atoms with Crippen LogP contribution in [0.15, 0.2) is 66.7 Å². The van der Waals surface area contributed by atoms with E-state index < -0.39 is 5.97 Å². The summed E-state index contributed by atoms with van der Waals surface area (Å²) in [6, 6.07) is 20.0. The molecule has 0 aliphatic carbocycles. The Bertz CT molecular complexity index is 898. The van der Waals surface area contributed by atoms with Gasteiger partial charge in [-0.25, -0.2) is 4.79 Å². The SMILES string of the molecule is COC(=O)c1ccc(NC(=O)COc2cccc3ccccc23)cc1. The minimum Gasteiger partial charge on any atom is -0.483 e. The number of carbonyl (C=O) groups is 2. The third-order valence-corrected chi connectivity index (χ3v) is 3.70. The molecule has 0 atom stereocenters. The van der Waals surface area contributed by atoms with Crippen molar-refractivity contribution in [3.8, 4) is 5.75 Å². The van der Waals surface area contributed by atoms with E-state index in [0.717, 1.165) is 10.8 Å². The van der Waals surface area contributed by atoms with Crippen LogP contribution >= 0.6 is 0 Å². The molecule has 3 rings (SSSR count). The molecule has 1 amide bonds. The lowest BCUT2D eigenvalue weighted by atomic mass is 10.1. The highest BCUT2D eigenvalue weighted by molar-refractivity contribution is 5.94. The van der Waals surface area contributed by atoms with Gasteiger partial charge >= 0.3 is 5.97 Å². The molecule has 1 N–H and O–H groups in total. The summed E-state index contributed by atoms with van der Waals surface area (Å²) >= 11 is 0. The van der Waals surface area contributed by atoms with Crippen LogP contribution in [0.1, 0.15) is 10.4 Å². The van der Waals surface area contributed by atoms with Crippen molar-refractivity contribution in [1.82, 2.24) is 0 Å². The second kappa shape index (κ2) is 7.49. The molecule has 126 valence electrons. The molecular formula is C20H17NO4. The molecule has 25 heavy (non-hydrogen) atoms. The minimum absolute atomic E-state index is 0.104. The molecule has 0 aromatic heterocycles. The van der Waals surface area contributed by atoms with Crippen LogP contribution in [0.3, 0.4) is 0 Å². The molecule has 3 aromatic carbocycles. The third kappa shape index (κ3) is 3.95. The molecular weight excluding hydrogens is 318 g/mol. The lowest BCUT2D eigenvalue weighted by Gasteiger charge is -2.10. The van der Waals surface area contributed by atoms with Crippen LogP contribution in [0.4, 0.5) is 5.69 Å². The summed E-state index contributed by atoms with van der Waals surface area (Å²) in [6.45, 7) is -0.104. The highest BCUT2D eigenvalue weighted by Crippen LogP contribution is 2.25. The van der Waals surface area contributed by atoms with Gasteiger partial charge in [0.25, 0.3) is 5.91 Å². The quantitative estimate of drug-likeness (QED) is 0.723. The molecule has 0 heterocycles. The first kappa shape index (κ1) is 16.5. The van der Waals surface area contributed by atoms with Crippen LogP contribution in [0, 0.1) is 0 Å². The first-order valence-electron chi connectivity index (χ1n) is 7.76. The van der Waals surface area contributed by atoms with Crippen LogP contribution in [-0.2, 0) is 9.53 Å². The smallest absolute Gasteiger partial charge is 0.337 e. The summed E-state index contributed by atoms with van der Waals surface area (Å²) in [4.78, 5) is 23.5. The van der Waals surface area contributed by atoms with E-state index in [-0.39, 0.29) is 12.5 Å². The van der Waals surface area contributed by atoms with Gasteiger partial charge in [0.05, 0.1) is 12.7 Å². The van der Waals surface area contributed by atoms with Gasteiger partial charge in [0.15, 0.2) is 6.61 Å². The fourth-order valence-corrected chi connectivity index (χ4v) is 2.47. The van der Waals surface area contributed by atoms with Crippen molar-refractivity contribution in [2.45, 2.75) is 0 Å². The lowest BCUT2D eigenvalue weighted by Crippen LogP contribution is -2.20. The maximum Gasteiger partial charge on any atom is 0.337 e. The van der Waals surface area contributed by atoms with Crippen molar-refractivity contribution in [2.24, 2.45) is 0 Å². The zero-order valence-electron chi connectivity index (χ0n) is 13.7. The largest absolute Gasteiger partial charge is 0.483 e. The molecule has 0 aliphatic heterocycles. The Hall–Kier alpha value is -3.34. The molecule has 0 saturated heterocycles. The summed E-state index contributed by atoms with van der Waals surface area (Å²) in [7, 11) is 1.32. The second-order valence-corrected chi connectivity index (χ2v) is 5.38. The van der Waals surface area contributed by atoms with Gasteiger partial charge in [-0.15, -0.1) is 0 Å². The topological polar surface area (TPSA) is 64.6 Å². The van der Waals surface area contributed by atoms with Gasteiger partial charge in [0.2, 0.25) is 0 Å². The number of ether oxygens (including phenoxy) is 2. The number of fused-ring (bicyclic) bond motifs is 1. The normalized spacial score (nSPS) is 10.3. The first-order chi connectivity index (χ1) is 12.2. The highest BCUT2D eigenvalue weighted by atomic mass is 16.5. The number of benzene rings is 3. The summed E-state index contributed by atoms with van der Waals surface area (Å²) in [5.41, 5.74) is 1.01. The second-order valence-electron chi connectivity index (χ2n) is 5.38. The van der Waals surface area contributed by atoms with E-state index in [0.29, 0.717) is 17.0 Å². The molecule has 0 radical (unpaired) electrons. The summed E-state index contributed by atoms with van der Waals surface area (Å²) in [6.07, 6.45) is 0. The Labute approximate surface area is 145 Å². The van der Waals surface area contributed by atoms with Crippen LogP contribution in [0.5, 0.6) is 5.75 Å². The van der Waals surface area contributed by atoms with E-state index in [1.54, 1.807) is 24.3 Å². The Balaban J connectivity index is 1.62. The van der Waals surface area contributed by atoms with Crippen LogP contribution < -0.4 is 10.1 Å². The van der Waals surface area contributed by atoms with Crippen molar-refractivity contribution in [2.75, 3.05) is 19.0 Å². The maximum atomic E-state index is 12.1. The zero-order valence-corrected chi connectivity index (χ0v) is 13.7. The van der Waals surface area contributed by atoms with Gasteiger partial charge in [-0.05, 0) is 35.7 Å². The zero-order chi connectivity index (χ0) is 17.6. The maximum absolute atomic E-state index is 12.1. The fourth-order valence-electron chi connectivity index (χ4n) is 2.47.